The van der Waals surface area contributed by atoms with E-state index >= 15 is 4.39 Å². The van der Waals surface area contributed by atoms with Gasteiger partial charge in [-0.2, -0.15) is 13.2 Å². The Morgan fingerprint density at radius 3 is 2.40 bits per heavy atom. The maximum Gasteiger partial charge on any atom is 0.435 e. The summed E-state index contributed by atoms with van der Waals surface area (Å²) in [7, 11) is 0. The zero-order valence-electron chi connectivity index (χ0n) is 15.4. The van der Waals surface area contributed by atoms with Gasteiger partial charge in [0.25, 0.3) is 0 Å². The third-order valence-corrected chi connectivity index (χ3v) is 5.13. The maximum atomic E-state index is 15.3. The third kappa shape index (κ3) is 3.77. The number of benzene rings is 2. The molecule has 0 bridgehead atoms. The number of nitrogens with one attached hydrogen (secondary N) is 1. The van der Waals surface area contributed by atoms with E-state index in [9.17, 15) is 22.0 Å². The molecule has 1 unspecified atom stereocenters. The van der Waals surface area contributed by atoms with Crippen molar-refractivity contribution in [3.05, 3.63) is 82.3 Å². The summed E-state index contributed by atoms with van der Waals surface area (Å²) >= 11 is 0. The van der Waals surface area contributed by atoms with Crippen LogP contribution in [0.25, 0.3) is 11.3 Å². The molecule has 3 nitrogen and oxygen atoms in total. The van der Waals surface area contributed by atoms with E-state index in [1.807, 2.05) is 0 Å². The van der Waals surface area contributed by atoms with Crippen LogP contribution in [-0.4, -0.2) is 16.7 Å². The molecule has 2 heterocycles. The van der Waals surface area contributed by atoms with Crippen LogP contribution >= 0.6 is 0 Å². The van der Waals surface area contributed by atoms with Crippen LogP contribution in [-0.2, 0) is 12.7 Å². The lowest BCUT2D eigenvalue weighted by Gasteiger charge is -2.20. The minimum absolute atomic E-state index is 0.0165. The van der Waals surface area contributed by atoms with Crippen molar-refractivity contribution in [3.63, 3.8) is 0 Å². The summed E-state index contributed by atoms with van der Waals surface area (Å²) < 4.78 is 81.5. The van der Waals surface area contributed by atoms with Gasteiger partial charge in [-0.25, -0.2) is 13.2 Å². The standard InChI is InChI=1S/C21H15F6N3/c22-11-1-4-17(23)15(9-11)13-7-8-28-10-16-12(13)2-3-14(20(16)24)18-5-6-19(30-29-18)21(25,26)27/h1-6,9,13,28H,7-8,10H2. The Bertz CT molecular complexity index is 1080. The van der Waals surface area contributed by atoms with Crippen molar-refractivity contribution in [2.24, 2.45) is 0 Å². The van der Waals surface area contributed by atoms with E-state index in [4.69, 9.17) is 0 Å². The molecule has 0 radical (unpaired) electrons. The average Bonchev–Trinajstić information content (AvgIpc) is 2.93. The quantitative estimate of drug-likeness (QED) is 0.576. The summed E-state index contributed by atoms with van der Waals surface area (Å²) in [5, 5.41) is 9.69. The molecule has 0 saturated heterocycles. The highest BCUT2D eigenvalue weighted by molar-refractivity contribution is 5.62. The summed E-state index contributed by atoms with van der Waals surface area (Å²) in [5.41, 5.74) is -0.393. The second kappa shape index (κ2) is 7.71. The molecule has 0 saturated carbocycles. The molecule has 1 aliphatic rings. The van der Waals surface area contributed by atoms with Crippen LogP contribution in [0.5, 0.6) is 0 Å². The molecule has 1 aromatic heterocycles. The van der Waals surface area contributed by atoms with Crippen molar-refractivity contribution < 1.29 is 26.3 Å². The van der Waals surface area contributed by atoms with Crippen LogP contribution in [0.1, 0.15) is 34.7 Å². The number of nitrogens with zero attached hydrogens (tertiary/aromatic N) is 2. The van der Waals surface area contributed by atoms with E-state index in [-0.39, 0.29) is 28.9 Å². The van der Waals surface area contributed by atoms with Gasteiger partial charge in [-0.1, -0.05) is 6.07 Å². The first kappa shape index (κ1) is 20.3. The Kier molecular flexibility index (Phi) is 5.23. The maximum absolute atomic E-state index is 15.3. The molecule has 1 aliphatic heterocycles. The zero-order chi connectivity index (χ0) is 21.5. The van der Waals surface area contributed by atoms with Crippen LogP contribution in [0, 0.1) is 17.5 Å². The molecule has 3 aromatic rings. The van der Waals surface area contributed by atoms with Gasteiger partial charge in [0, 0.05) is 23.6 Å². The smallest absolute Gasteiger partial charge is 0.313 e. The monoisotopic (exact) mass is 423 g/mol. The lowest BCUT2D eigenvalue weighted by Crippen LogP contribution is -2.13. The first-order chi connectivity index (χ1) is 14.3. The number of hydrogen-bond donors (Lipinski definition) is 1. The van der Waals surface area contributed by atoms with Gasteiger partial charge >= 0.3 is 6.18 Å². The van der Waals surface area contributed by atoms with E-state index in [1.165, 1.54) is 6.07 Å². The van der Waals surface area contributed by atoms with Gasteiger partial charge in [-0.3, -0.25) is 0 Å². The van der Waals surface area contributed by atoms with Crippen molar-refractivity contribution in [1.29, 1.82) is 0 Å². The van der Waals surface area contributed by atoms with Gasteiger partial charge < -0.3 is 5.32 Å². The number of alkyl halides is 3. The van der Waals surface area contributed by atoms with Crippen molar-refractivity contribution in [2.45, 2.75) is 25.1 Å². The molecule has 1 N–H and O–H groups in total. The first-order valence-electron chi connectivity index (χ1n) is 9.14. The Morgan fingerprint density at radius 1 is 0.900 bits per heavy atom. The predicted molar refractivity (Wildman–Crippen MR) is 97.0 cm³/mol. The molecule has 0 aliphatic carbocycles. The minimum atomic E-state index is -4.65. The van der Waals surface area contributed by atoms with Crippen LogP contribution < -0.4 is 5.32 Å². The minimum Gasteiger partial charge on any atom is -0.313 e. The van der Waals surface area contributed by atoms with Gasteiger partial charge in [-0.15, -0.1) is 10.2 Å². The molecule has 0 amide bonds. The second-order valence-corrected chi connectivity index (χ2v) is 6.98. The Morgan fingerprint density at radius 2 is 1.70 bits per heavy atom. The van der Waals surface area contributed by atoms with Gasteiger partial charge in [0.2, 0.25) is 0 Å². The Labute approximate surface area is 167 Å². The van der Waals surface area contributed by atoms with E-state index in [0.717, 1.165) is 30.3 Å². The van der Waals surface area contributed by atoms with E-state index < -0.39 is 35.2 Å². The highest BCUT2D eigenvalue weighted by Crippen LogP contribution is 2.37. The van der Waals surface area contributed by atoms with Crippen LogP contribution in [0.4, 0.5) is 26.3 Å². The molecule has 4 rings (SSSR count). The molecule has 1 atom stereocenters. The lowest BCUT2D eigenvalue weighted by atomic mass is 9.85. The summed E-state index contributed by atoms with van der Waals surface area (Å²) in [6.45, 7) is 0.584. The van der Waals surface area contributed by atoms with Crippen LogP contribution in [0.15, 0.2) is 42.5 Å². The molecular formula is C21H15F6N3. The van der Waals surface area contributed by atoms with E-state index in [1.54, 1.807) is 6.07 Å². The van der Waals surface area contributed by atoms with Crippen LogP contribution in [0.2, 0.25) is 0 Å². The fourth-order valence-electron chi connectivity index (χ4n) is 3.69. The van der Waals surface area contributed by atoms with E-state index in [2.05, 4.69) is 15.5 Å². The largest absolute Gasteiger partial charge is 0.435 e. The van der Waals surface area contributed by atoms with Crippen molar-refractivity contribution in [3.8, 4) is 11.3 Å². The summed E-state index contributed by atoms with van der Waals surface area (Å²) in [6, 6.07) is 7.89. The Hall–Kier alpha value is -2.94. The highest BCUT2D eigenvalue weighted by atomic mass is 19.4. The third-order valence-electron chi connectivity index (χ3n) is 5.13. The highest BCUT2D eigenvalue weighted by Gasteiger charge is 2.33. The SMILES string of the molecule is Fc1ccc(F)c(C2CCNCc3c2ccc(-c2ccc(C(F)(F)F)nn2)c3F)c1. The molecule has 156 valence electrons. The molecule has 0 spiro atoms. The Balaban J connectivity index is 1.79. The molecule has 0 fully saturated rings. The topological polar surface area (TPSA) is 37.8 Å². The van der Waals surface area contributed by atoms with Crippen molar-refractivity contribution in [2.75, 3.05) is 6.54 Å². The zero-order valence-corrected chi connectivity index (χ0v) is 15.4. The molecular weight excluding hydrogens is 408 g/mol. The van der Waals surface area contributed by atoms with Crippen molar-refractivity contribution in [1.82, 2.24) is 15.5 Å². The van der Waals surface area contributed by atoms with Gasteiger partial charge in [-0.05, 0) is 60.5 Å². The normalized spacial score (nSPS) is 16.8. The number of hydrogen-bond acceptors (Lipinski definition) is 3. The molecule has 30 heavy (non-hydrogen) atoms. The predicted octanol–water partition coefficient (Wildman–Crippen LogP) is 5.20. The summed E-state index contributed by atoms with van der Waals surface area (Å²) in [6.07, 6.45) is -4.23. The fraction of sp³-hybridized carbons (Fsp3) is 0.238. The van der Waals surface area contributed by atoms with Gasteiger partial charge in [0.15, 0.2) is 5.69 Å². The molecule has 9 heteroatoms. The van der Waals surface area contributed by atoms with Crippen LogP contribution in [0.3, 0.4) is 0 Å². The fourth-order valence-corrected chi connectivity index (χ4v) is 3.69. The summed E-state index contributed by atoms with van der Waals surface area (Å²) in [4.78, 5) is 0. The molecule has 2 aromatic carbocycles. The number of rotatable bonds is 2. The first-order valence-corrected chi connectivity index (χ1v) is 9.14. The lowest BCUT2D eigenvalue weighted by molar-refractivity contribution is -0.141. The number of aromatic nitrogens is 2. The van der Waals surface area contributed by atoms with Crippen molar-refractivity contribution >= 4 is 0 Å². The van der Waals surface area contributed by atoms with E-state index in [0.29, 0.717) is 18.5 Å². The number of halogens is 6. The number of fused-ring (bicyclic) bond motifs is 1. The average molecular weight is 423 g/mol. The second-order valence-electron chi connectivity index (χ2n) is 6.98. The van der Waals surface area contributed by atoms with Gasteiger partial charge in [0.1, 0.15) is 17.5 Å². The van der Waals surface area contributed by atoms with Gasteiger partial charge in [0.05, 0.1) is 5.69 Å². The summed E-state index contributed by atoms with van der Waals surface area (Å²) in [5.74, 6) is -2.44.